The van der Waals surface area contributed by atoms with Crippen LogP contribution in [0.5, 0.6) is 0 Å². The van der Waals surface area contributed by atoms with E-state index in [0.717, 1.165) is 12.2 Å². The van der Waals surface area contributed by atoms with Gasteiger partial charge in [-0.1, -0.05) is 37.6 Å². The third-order valence-electron chi connectivity index (χ3n) is 3.67. The minimum absolute atomic E-state index is 0.475. The standard InChI is InChI=1S/C18H21N3/c1-13(2)20-12-15-8-7-14(3)11-16(15)17-5-4-6-18-19-9-10-21(17)18/h4-11,13,20H,12H2,1-3H3. The summed E-state index contributed by atoms with van der Waals surface area (Å²) in [5, 5.41) is 3.51. The predicted octanol–water partition coefficient (Wildman–Crippen LogP) is 3.81. The van der Waals surface area contributed by atoms with Crippen LogP contribution in [0.3, 0.4) is 0 Å². The van der Waals surface area contributed by atoms with Crippen molar-refractivity contribution in [3.05, 3.63) is 59.9 Å². The number of hydrogen-bond acceptors (Lipinski definition) is 2. The lowest BCUT2D eigenvalue weighted by molar-refractivity contribution is 0.589. The quantitative estimate of drug-likeness (QED) is 0.787. The molecule has 3 rings (SSSR count). The van der Waals surface area contributed by atoms with Gasteiger partial charge in [0.1, 0.15) is 5.65 Å². The highest BCUT2D eigenvalue weighted by molar-refractivity contribution is 5.68. The number of hydrogen-bond donors (Lipinski definition) is 1. The molecule has 0 saturated carbocycles. The van der Waals surface area contributed by atoms with Gasteiger partial charge >= 0.3 is 0 Å². The number of aryl methyl sites for hydroxylation is 1. The first-order valence-electron chi connectivity index (χ1n) is 7.40. The van der Waals surface area contributed by atoms with Gasteiger partial charge in [0.05, 0.1) is 5.69 Å². The molecule has 3 nitrogen and oxygen atoms in total. The zero-order valence-electron chi connectivity index (χ0n) is 12.8. The summed E-state index contributed by atoms with van der Waals surface area (Å²) in [5.41, 5.74) is 6.03. The third kappa shape index (κ3) is 2.83. The van der Waals surface area contributed by atoms with Crippen LogP contribution in [0.15, 0.2) is 48.8 Å². The molecule has 0 aliphatic rings. The Kier molecular flexibility index (Phi) is 3.76. The Morgan fingerprint density at radius 1 is 1.19 bits per heavy atom. The molecule has 3 heteroatoms. The van der Waals surface area contributed by atoms with Gasteiger partial charge in [-0.25, -0.2) is 4.98 Å². The van der Waals surface area contributed by atoms with Crippen LogP contribution >= 0.6 is 0 Å². The van der Waals surface area contributed by atoms with E-state index in [4.69, 9.17) is 0 Å². The lowest BCUT2D eigenvalue weighted by atomic mass is 10.0. The fourth-order valence-corrected chi connectivity index (χ4v) is 2.56. The van der Waals surface area contributed by atoms with Crippen molar-refractivity contribution in [2.45, 2.75) is 33.4 Å². The lowest BCUT2D eigenvalue weighted by Crippen LogP contribution is -2.22. The number of fused-ring (bicyclic) bond motifs is 1. The molecular formula is C18H21N3. The average Bonchev–Trinajstić information content (AvgIpc) is 2.94. The van der Waals surface area contributed by atoms with Crippen LogP contribution in [-0.2, 0) is 6.54 Å². The minimum atomic E-state index is 0.475. The molecule has 3 aromatic rings. The number of nitrogens with zero attached hydrogens (tertiary/aromatic N) is 2. The Morgan fingerprint density at radius 3 is 2.86 bits per heavy atom. The highest BCUT2D eigenvalue weighted by Gasteiger charge is 2.09. The van der Waals surface area contributed by atoms with Gasteiger partial charge < -0.3 is 5.32 Å². The normalized spacial score (nSPS) is 11.4. The molecule has 0 aliphatic carbocycles. The first-order chi connectivity index (χ1) is 10.1. The largest absolute Gasteiger partial charge is 0.310 e. The Morgan fingerprint density at radius 2 is 2.05 bits per heavy atom. The summed E-state index contributed by atoms with van der Waals surface area (Å²) in [7, 11) is 0. The van der Waals surface area contributed by atoms with E-state index in [9.17, 15) is 0 Å². The summed E-state index contributed by atoms with van der Waals surface area (Å²) in [6.45, 7) is 7.35. The van der Waals surface area contributed by atoms with E-state index in [2.05, 4.69) is 65.8 Å². The third-order valence-corrected chi connectivity index (χ3v) is 3.67. The topological polar surface area (TPSA) is 29.3 Å². The Bertz CT molecular complexity index is 756. The number of imidazole rings is 1. The summed E-state index contributed by atoms with van der Waals surface area (Å²) in [4.78, 5) is 4.38. The molecule has 1 aromatic carbocycles. The van der Waals surface area contributed by atoms with Crippen molar-refractivity contribution in [3.8, 4) is 11.3 Å². The van der Waals surface area contributed by atoms with Crippen molar-refractivity contribution in [2.24, 2.45) is 0 Å². The maximum absolute atomic E-state index is 4.38. The van der Waals surface area contributed by atoms with Gasteiger partial charge in [-0.05, 0) is 30.7 Å². The van der Waals surface area contributed by atoms with Gasteiger partial charge in [-0.2, -0.15) is 0 Å². The van der Waals surface area contributed by atoms with Gasteiger partial charge in [-0.15, -0.1) is 0 Å². The van der Waals surface area contributed by atoms with Crippen molar-refractivity contribution >= 4 is 5.65 Å². The average molecular weight is 279 g/mol. The first kappa shape index (κ1) is 13.8. The van der Waals surface area contributed by atoms with E-state index in [-0.39, 0.29) is 0 Å². The molecule has 0 aliphatic heterocycles. The molecule has 0 unspecified atom stereocenters. The molecule has 108 valence electrons. The molecule has 0 saturated heterocycles. The lowest BCUT2D eigenvalue weighted by Gasteiger charge is -2.15. The molecule has 0 bridgehead atoms. The van der Waals surface area contributed by atoms with Gasteiger partial charge in [0, 0.05) is 30.5 Å². The number of nitrogens with one attached hydrogen (secondary N) is 1. The predicted molar refractivity (Wildman–Crippen MR) is 87.3 cm³/mol. The number of rotatable bonds is 4. The zero-order chi connectivity index (χ0) is 14.8. The molecule has 2 aromatic heterocycles. The monoisotopic (exact) mass is 279 g/mol. The fraction of sp³-hybridized carbons (Fsp3) is 0.278. The molecule has 21 heavy (non-hydrogen) atoms. The summed E-state index contributed by atoms with van der Waals surface area (Å²) in [6, 6.07) is 13.4. The highest BCUT2D eigenvalue weighted by atomic mass is 15.0. The van der Waals surface area contributed by atoms with Crippen LogP contribution in [0, 0.1) is 6.92 Å². The second-order valence-electron chi connectivity index (χ2n) is 5.76. The van der Waals surface area contributed by atoms with Crippen LogP contribution in [0.4, 0.5) is 0 Å². The summed E-state index contributed by atoms with van der Waals surface area (Å²) >= 11 is 0. The molecule has 2 heterocycles. The molecule has 0 spiro atoms. The van der Waals surface area contributed by atoms with Crippen LogP contribution < -0.4 is 5.32 Å². The maximum atomic E-state index is 4.38. The SMILES string of the molecule is Cc1ccc(CNC(C)C)c(-c2cccc3nccn23)c1. The smallest absolute Gasteiger partial charge is 0.137 e. The van der Waals surface area contributed by atoms with E-state index in [1.165, 1.54) is 22.4 Å². The van der Waals surface area contributed by atoms with E-state index in [0.29, 0.717) is 6.04 Å². The molecule has 1 N–H and O–H groups in total. The van der Waals surface area contributed by atoms with Crippen molar-refractivity contribution in [3.63, 3.8) is 0 Å². The molecule has 0 fully saturated rings. The van der Waals surface area contributed by atoms with Crippen molar-refractivity contribution in [1.82, 2.24) is 14.7 Å². The summed E-state index contributed by atoms with van der Waals surface area (Å²) < 4.78 is 2.15. The summed E-state index contributed by atoms with van der Waals surface area (Å²) in [5.74, 6) is 0. The second kappa shape index (κ2) is 5.70. The van der Waals surface area contributed by atoms with E-state index in [1.807, 2.05) is 18.5 Å². The van der Waals surface area contributed by atoms with E-state index >= 15 is 0 Å². The van der Waals surface area contributed by atoms with Crippen molar-refractivity contribution in [2.75, 3.05) is 0 Å². The highest BCUT2D eigenvalue weighted by Crippen LogP contribution is 2.26. The van der Waals surface area contributed by atoms with Gasteiger partial charge in [0.2, 0.25) is 0 Å². The Balaban J connectivity index is 2.12. The Hall–Kier alpha value is -2.13. The van der Waals surface area contributed by atoms with Crippen LogP contribution in [0.1, 0.15) is 25.0 Å². The fourth-order valence-electron chi connectivity index (χ4n) is 2.56. The maximum Gasteiger partial charge on any atom is 0.137 e. The molecular weight excluding hydrogens is 258 g/mol. The van der Waals surface area contributed by atoms with Gasteiger partial charge in [0.15, 0.2) is 0 Å². The van der Waals surface area contributed by atoms with Gasteiger partial charge in [-0.3, -0.25) is 4.40 Å². The van der Waals surface area contributed by atoms with Crippen molar-refractivity contribution < 1.29 is 0 Å². The van der Waals surface area contributed by atoms with Crippen LogP contribution in [0.25, 0.3) is 16.9 Å². The molecule has 0 radical (unpaired) electrons. The summed E-state index contributed by atoms with van der Waals surface area (Å²) in [6.07, 6.45) is 3.87. The van der Waals surface area contributed by atoms with Crippen molar-refractivity contribution in [1.29, 1.82) is 0 Å². The minimum Gasteiger partial charge on any atom is -0.310 e. The van der Waals surface area contributed by atoms with Crippen LogP contribution in [-0.4, -0.2) is 15.4 Å². The number of benzene rings is 1. The van der Waals surface area contributed by atoms with E-state index in [1.54, 1.807) is 0 Å². The second-order valence-corrected chi connectivity index (χ2v) is 5.76. The van der Waals surface area contributed by atoms with Gasteiger partial charge in [0.25, 0.3) is 0 Å². The van der Waals surface area contributed by atoms with Crippen LogP contribution in [0.2, 0.25) is 0 Å². The Labute approximate surface area is 125 Å². The number of pyridine rings is 1. The molecule has 0 atom stereocenters. The molecule has 0 amide bonds. The zero-order valence-corrected chi connectivity index (χ0v) is 12.8. The van der Waals surface area contributed by atoms with E-state index < -0.39 is 0 Å². The first-order valence-corrected chi connectivity index (χ1v) is 7.40. The number of aromatic nitrogens is 2.